The number of allylic oxidation sites excluding steroid dienone is 5. The first-order chi connectivity index (χ1) is 5.72. The number of carbonyl (C=O) groups excluding carboxylic acids is 1. The van der Waals surface area contributed by atoms with Crippen molar-refractivity contribution < 1.29 is 4.79 Å². The molecule has 0 radical (unpaired) electrons. The zero-order valence-electron chi connectivity index (χ0n) is 7.45. The lowest BCUT2D eigenvalue weighted by atomic mass is 10.3. The van der Waals surface area contributed by atoms with E-state index in [0.717, 1.165) is 12.1 Å². The maximum Gasteiger partial charge on any atom is 0.223 e. The fourth-order valence-corrected chi connectivity index (χ4v) is 0.974. The lowest BCUT2D eigenvalue weighted by molar-refractivity contribution is -0.125. The van der Waals surface area contributed by atoms with E-state index in [9.17, 15) is 4.79 Å². The lowest BCUT2D eigenvalue weighted by Crippen LogP contribution is -2.21. The van der Waals surface area contributed by atoms with Crippen molar-refractivity contribution in [3.63, 3.8) is 0 Å². The van der Waals surface area contributed by atoms with Crippen LogP contribution in [0.25, 0.3) is 0 Å². The Morgan fingerprint density at radius 1 is 1.50 bits per heavy atom. The smallest absolute Gasteiger partial charge is 0.223 e. The summed E-state index contributed by atoms with van der Waals surface area (Å²) >= 11 is 0. The van der Waals surface area contributed by atoms with Gasteiger partial charge in [-0.2, -0.15) is 0 Å². The zero-order chi connectivity index (χ0) is 8.97. The summed E-state index contributed by atoms with van der Waals surface area (Å²) in [6.07, 6.45) is 10.9. The zero-order valence-corrected chi connectivity index (χ0v) is 7.45. The highest BCUT2D eigenvalue weighted by atomic mass is 16.2. The summed E-state index contributed by atoms with van der Waals surface area (Å²) in [4.78, 5) is 12.6. The summed E-state index contributed by atoms with van der Waals surface area (Å²) in [5.74, 6) is 0.0567. The Morgan fingerprint density at radius 2 is 2.25 bits per heavy atom. The second kappa shape index (κ2) is 3.90. The molecule has 64 valence electrons. The van der Waals surface area contributed by atoms with Crippen molar-refractivity contribution >= 4 is 5.91 Å². The van der Waals surface area contributed by atoms with Gasteiger partial charge in [-0.05, 0) is 18.6 Å². The molecule has 2 nitrogen and oxygen atoms in total. The molecule has 0 atom stereocenters. The molecule has 0 fully saturated rings. The summed E-state index contributed by atoms with van der Waals surface area (Å²) in [6, 6.07) is 0. The van der Waals surface area contributed by atoms with Gasteiger partial charge in [-0.3, -0.25) is 4.79 Å². The summed E-state index contributed by atoms with van der Waals surface area (Å²) in [5, 5.41) is 0. The highest BCUT2D eigenvalue weighted by molar-refractivity contribution is 5.75. The number of amides is 1. The summed E-state index contributed by atoms with van der Waals surface area (Å²) in [5.41, 5.74) is 0.941. The minimum absolute atomic E-state index is 0.0567. The van der Waals surface area contributed by atoms with E-state index in [0.29, 0.717) is 0 Å². The van der Waals surface area contributed by atoms with Crippen LogP contribution in [-0.2, 0) is 4.79 Å². The first kappa shape index (κ1) is 8.78. The van der Waals surface area contributed by atoms with E-state index >= 15 is 0 Å². The molecule has 0 aromatic rings. The van der Waals surface area contributed by atoms with Gasteiger partial charge >= 0.3 is 0 Å². The van der Waals surface area contributed by atoms with E-state index in [1.54, 1.807) is 18.9 Å². The predicted molar refractivity (Wildman–Crippen MR) is 49.4 cm³/mol. The van der Waals surface area contributed by atoms with Crippen LogP contribution in [0, 0.1) is 0 Å². The largest absolute Gasteiger partial charge is 0.316 e. The Balaban J connectivity index is 2.79. The molecule has 0 saturated heterocycles. The molecule has 0 N–H and O–H groups in total. The van der Waals surface area contributed by atoms with E-state index in [4.69, 9.17) is 0 Å². The first-order valence-electron chi connectivity index (χ1n) is 3.99. The Hall–Kier alpha value is -1.31. The second-order valence-corrected chi connectivity index (χ2v) is 2.74. The van der Waals surface area contributed by atoms with E-state index in [1.807, 2.05) is 24.3 Å². The van der Waals surface area contributed by atoms with Crippen LogP contribution in [0.1, 0.15) is 13.3 Å². The first-order valence-corrected chi connectivity index (χ1v) is 3.99. The highest BCUT2D eigenvalue weighted by Gasteiger charge is 2.04. The molecule has 0 aromatic heterocycles. The quantitative estimate of drug-likeness (QED) is 0.577. The third kappa shape index (κ3) is 2.09. The normalized spacial score (nSPS) is 15.3. The number of carbonyl (C=O) groups is 1. The summed E-state index contributed by atoms with van der Waals surface area (Å²) in [6.45, 7) is 1.56. The molecular weight excluding hydrogens is 150 g/mol. The molecule has 12 heavy (non-hydrogen) atoms. The van der Waals surface area contributed by atoms with Gasteiger partial charge in [0.1, 0.15) is 0 Å². The van der Waals surface area contributed by atoms with Gasteiger partial charge in [0.05, 0.1) is 0 Å². The van der Waals surface area contributed by atoms with Crippen molar-refractivity contribution in [1.82, 2.24) is 4.90 Å². The highest BCUT2D eigenvalue weighted by Crippen LogP contribution is 2.08. The Bertz CT molecular complexity index is 261. The van der Waals surface area contributed by atoms with Gasteiger partial charge in [0.25, 0.3) is 0 Å². The molecular formula is C10H13NO. The molecule has 0 spiro atoms. The maximum absolute atomic E-state index is 11.0. The van der Waals surface area contributed by atoms with Crippen molar-refractivity contribution in [3.8, 4) is 0 Å². The molecule has 0 unspecified atom stereocenters. The Labute approximate surface area is 72.9 Å². The predicted octanol–water partition coefficient (Wildman–Crippen LogP) is 1.86. The fraction of sp³-hybridized carbons (Fsp3) is 0.300. The number of nitrogens with zero attached hydrogens (tertiary/aromatic N) is 1. The lowest BCUT2D eigenvalue weighted by Gasteiger charge is -2.14. The monoisotopic (exact) mass is 163 g/mol. The Kier molecular flexibility index (Phi) is 2.86. The average molecular weight is 163 g/mol. The van der Waals surface area contributed by atoms with Crippen LogP contribution in [0.5, 0.6) is 0 Å². The molecule has 0 aromatic carbocycles. The fourth-order valence-electron chi connectivity index (χ4n) is 0.974. The van der Waals surface area contributed by atoms with Crippen molar-refractivity contribution in [3.05, 3.63) is 36.1 Å². The van der Waals surface area contributed by atoms with Crippen LogP contribution >= 0.6 is 0 Å². The molecule has 0 bridgehead atoms. The molecule has 0 heterocycles. The van der Waals surface area contributed by atoms with Gasteiger partial charge in [0, 0.05) is 19.7 Å². The van der Waals surface area contributed by atoms with Crippen molar-refractivity contribution in [2.24, 2.45) is 0 Å². The number of hydrogen-bond donors (Lipinski definition) is 0. The van der Waals surface area contributed by atoms with Gasteiger partial charge in [0.2, 0.25) is 5.91 Å². The molecule has 1 aliphatic rings. The molecule has 0 saturated carbocycles. The summed E-state index contributed by atoms with van der Waals surface area (Å²) < 4.78 is 0. The van der Waals surface area contributed by atoms with Gasteiger partial charge in [-0.15, -0.1) is 0 Å². The molecule has 1 rings (SSSR count). The van der Waals surface area contributed by atoms with Gasteiger partial charge in [-0.1, -0.05) is 18.2 Å². The summed E-state index contributed by atoms with van der Waals surface area (Å²) in [7, 11) is 1.78. The van der Waals surface area contributed by atoms with Crippen LogP contribution in [0.2, 0.25) is 0 Å². The van der Waals surface area contributed by atoms with Crippen LogP contribution in [-0.4, -0.2) is 17.9 Å². The third-order valence-electron chi connectivity index (χ3n) is 1.82. The van der Waals surface area contributed by atoms with Gasteiger partial charge in [0.15, 0.2) is 0 Å². The molecule has 0 aliphatic heterocycles. The van der Waals surface area contributed by atoms with Crippen LogP contribution in [0.3, 0.4) is 0 Å². The maximum atomic E-state index is 11.0. The van der Waals surface area contributed by atoms with Crippen LogP contribution in [0.4, 0.5) is 0 Å². The van der Waals surface area contributed by atoms with Gasteiger partial charge in [-0.25, -0.2) is 0 Å². The minimum atomic E-state index is 0.0567. The van der Waals surface area contributed by atoms with Crippen LogP contribution < -0.4 is 0 Å². The molecule has 1 aliphatic carbocycles. The van der Waals surface area contributed by atoms with Crippen molar-refractivity contribution in [1.29, 1.82) is 0 Å². The number of rotatable bonds is 1. The number of likely N-dealkylation sites (N-methyl/N-ethyl adjacent to an activating group) is 1. The third-order valence-corrected chi connectivity index (χ3v) is 1.82. The number of hydrogen-bond acceptors (Lipinski definition) is 1. The second-order valence-electron chi connectivity index (χ2n) is 2.74. The SMILES string of the molecule is CC(=O)N(C)C1=CC=CCC=C1. The van der Waals surface area contributed by atoms with Crippen LogP contribution in [0.15, 0.2) is 36.1 Å². The Morgan fingerprint density at radius 3 is 2.92 bits per heavy atom. The molecule has 2 heteroatoms. The van der Waals surface area contributed by atoms with E-state index in [-0.39, 0.29) is 5.91 Å². The standard InChI is InChI=1S/C10H13NO/c1-9(12)11(2)10-7-5-3-4-6-8-10/h3,5-8H,4H2,1-2H3. The van der Waals surface area contributed by atoms with E-state index in [1.165, 1.54) is 0 Å². The van der Waals surface area contributed by atoms with E-state index in [2.05, 4.69) is 6.08 Å². The van der Waals surface area contributed by atoms with E-state index < -0.39 is 0 Å². The van der Waals surface area contributed by atoms with Crippen molar-refractivity contribution in [2.75, 3.05) is 7.05 Å². The molecule has 1 amide bonds. The minimum Gasteiger partial charge on any atom is -0.316 e. The van der Waals surface area contributed by atoms with Crippen molar-refractivity contribution in [2.45, 2.75) is 13.3 Å². The topological polar surface area (TPSA) is 20.3 Å². The van der Waals surface area contributed by atoms with Gasteiger partial charge < -0.3 is 4.90 Å². The average Bonchev–Trinajstić information content (AvgIpc) is 2.30.